The highest BCUT2D eigenvalue weighted by Crippen LogP contribution is 2.27. The number of nitrogens with zero attached hydrogens (tertiary/aromatic N) is 2. The van der Waals surface area contributed by atoms with Crippen LogP contribution in [0.15, 0.2) is 52.9 Å². The van der Waals surface area contributed by atoms with Gasteiger partial charge in [-0.3, -0.25) is 4.79 Å². The molecule has 3 rings (SSSR count). The Morgan fingerprint density at radius 2 is 1.96 bits per heavy atom. The van der Waals surface area contributed by atoms with E-state index in [0.717, 1.165) is 5.56 Å². The van der Waals surface area contributed by atoms with Gasteiger partial charge in [-0.1, -0.05) is 29.8 Å². The molecule has 3 aromatic rings. The first kappa shape index (κ1) is 15.1. The van der Waals surface area contributed by atoms with Crippen molar-refractivity contribution in [3.8, 4) is 17.2 Å². The summed E-state index contributed by atoms with van der Waals surface area (Å²) in [4.78, 5) is 12.1. The van der Waals surface area contributed by atoms with Crippen molar-refractivity contribution in [2.24, 2.45) is 0 Å². The van der Waals surface area contributed by atoms with Crippen molar-refractivity contribution in [2.75, 3.05) is 12.4 Å². The van der Waals surface area contributed by atoms with Gasteiger partial charge in [0.1, 0.15) is 5.75 Å². The number of hydrogen-bond donors (Lipinski definition) is 1. The largest absolute Gasteiger partial charge is 0.495 e. The van der Waals surface area contributed by atoms with Gasteiger partial charge < -0.3 is 14.5 Å². The van der Waals surface area contributed by atoms with Crippen LogP contribution in [0.25, 0.3) is 11.5 Å². The number of nitrogens with one attached hydrogen (secondary N) is 1. The third kappa shape index (κ3) is 3.32. The Balaban J connectivity index is 1.76. The van der Waals surface area contributed by atoms with Gasteiger partial charge in [0.2, 0.25) is 5.89 Å². The Hall–Kier alpha value is -2.86. The number of anilines is 1. The van der Waals surface area contributed by atoms with Crippen molar-refractivity contribution in [3.63, 3.8) is 0 Å². The molecule has 0 aliphatic carbocycles. The lowest BCUT2D eigenvalue weighted by Gasteiger charge is -2.06. The Morgan fingerprint density at radius 3 is 2.65 bits per heavy atom. The summed E-state index contributed by atoms with van der Waals surface area (Å²) in [5.74, 6) is 0.161. The molecule has 23 heavy (non-hydrogen) atoms. The number of rotatable bonds is 4. The van der Waals surface area contributed by atoms with E-state index in [9.17, 15) is 4.79 Å². The minimum Gasteiger partial charge on any atom is -0.495 e. The highest BCUT2D eigenvalue weighted by molar-refractivity contribution is 6.32. The van der Waals surface area contributed by atoms with Crippen LogP contribution in [-0.2, 0) is 0 Å². The van der Waals surface area contributed by atoms with Gasteiger partial charge >= 0.3 is 11.8 Å². The topological polar surface area (TPSA) is 77.2 Å². The zero-order valence-corrected chi connectivity index (χ0v) is 12.9. The van der Waals surface area contributed by atoms with Crippen LogP contribution in [0.2, 0.25) is 5.02 Å². The van der Waals surface area contributed by atoms with Gasteiger partial charge in [0.15, 0.2) is 0 Å². The summed E-state index contributed by atoms with van der Waals surface area (Å²) < 4.78 is 10.4. The van der Waals surface area contributed by atoms with Crippen molar-refractivity contribution in [3.05, 3.63) is 59.4 Å². The fourth-order valence-electron chi connectivity index (χ4n) is 1.94. The van der Waals surface area contributed by atoms with Crippen molar-refractivity contribution in [1.29, 1.82) is 0 Å². The number of benzene rings is 2. The predicted molar refractivity (Wildman–Crippen MR) is 85.7 cm³/mol. The van der Waals surface area contributed by atoms with Crippen LogP contribution in [0.3, 0.4) is 0 Å². The summed E-state index contributed by atoms with van der Waals surface area (Å²) in [6.45, 7) is 0. The van der Waals surface area contributed by atoms with E-state index in [2.05, 4.69) is 15.5 Å². The third-order valence-corrected chi connectivity index (χ3v) is 3.35. The second-order valence-corrected chi connectivity index (χ2v) is 4.99. The van der Waals surface area contributed by atoms with Gasteiger partial charge in [-0.25, -0.2) is 0 Å². The Bertz CT molecular complexity index is 834. The lowest BCUT2D eigenvalue weighted by atomic mass is 10.2. The maximum Gasteiger partial charge on any atom is 0.313 e. The number of hydrogen-bond acceptors (Lipinski definition) is 5. The van der Waals surface area contributed by atoms with Crippen LogP contribution in [0.1, 0.15) is 10.7 Å². The lowest BCUT2D eigenvalue weighted by Crippen LogP contribution is -2.12. The molecule has 0 bridgehead atoms. The first-order valence-corrected chi connectivity index (χ1v) is 7.09. The molecule has 0 aliphatic heterocycles. The summed E-state index contributed by atoms with van der Waals surface area (Å²) >= 11 is 6.02. The van der Waals surface area contributed by atoms with Gasteiger partial charge in [-0.2, -0.15) is 0 Å². The first-order chi connectivity index (χ1) is 11.2. The number of aromatic nitrogens is 2. The van der Waals surface area contributed by atoms with Gasteiger partial charge in [-0.15, -0.1) is 10.2 Å². The molecule has 1 aromatic heterocycles. The molecule has 0 unspecified atom stereocenters. The van der Waals surface area contributed by atoms with Crippen molar-refractivity contribution < 1.29 is 13.9 Å². The maximum atomic E-state index is 12.1. The normalized spacial score (nSPS) is 10.3. The summed E-state index contributed by atoms with van der Waals surface area (Å²) in [6, 6.07) is 14.1. The van der Waals surface area contributed by atoms with E-state index in [4.69, 9.17) is 20.8 Å². The highest BCUT2D eigenvalue weighted by atomic mass is 35.5. The van der Waals surface area contributed by atoms with Crippen LogP contribution >= 0.6 is 11.6 Å². The first-order valence-electron chi connectivity index (χ1n) is 6.71. The van der Waals surface area contributed by atoms with E-state index < -0.39 is 5.91 Å². The number of carbonyl (C=O) groups excluding carboxylic acids is 1. The van der Waals surface area contributed by atoms with Crippen molar-refractivity contribution in [2.45, 2.75) is 0 Å². The molecule has 0 aliphatic rings. The van der Waals surface area contributed by atoms with Crippen LogP contribution in [0, 0.1) is 0 Å². The Morgan fingerprint density at radius 1 is 1.17 bits per heavy atom. The molecule has 0 saturated carbocycles. The third-order valence-electron chi connectivity index (χ3n) is 3.05. The molecule has 116 valence electrons. The molecule has 1 N–H and O–H groups in total. The monoisotopic (exact) mass is 329 g/mol. The maximum absolute atomic E-state index is 12.1. The molecular weight excluding hydrogens is 318 g/mol. The minimum atomic E-state index is -0.513. The van der Waals surface area contributed by atoms with Crippen molar-refractivity contribution >= 4 is 23.2 Å². The zero-order chi connectivity index (χ0) is 16.2. The molecule has 0 spiro atoms. The molecule has 6 nitrogen and oxygen atoms in total. The summed E-state index contributed by atoms with van der Waals surface area (Å²) in [6.07, 6.45) is 0. The second-order valence-electron chi connectivity index (χ2n) is 4.58. The SMILES string of the molecule is COc1ccc(NC(=O)c2nnc(-c3ccccc3)o2)cc1Cl. The van der Waals surface area contributed by atoms with E-state index >= 15 is 0 Å². The highest BCUT2D eigenvalue weighted by Gasteiger charge is 2.16. The van der Waals surface area contributed by atoms with Crippen LogP contribution in [0.5, 0.6) is 5.75 Å². The van der Waals surface area contributed by atoms with Gasteiger partial charge in [0.25, 0.3) is 0 Å². The molecule has 1 amide bonds. The summed E-state index contributed by atoms with van der Waals surface area (Å²) in [7, 11) is 1.52. The molecule has 2 aromatic carbocycles. The number of carbonyl (C=O) groups is 1. The lowest BCUT2D eigenvalue weighted by molar-refractivity contribution is 0.0991. The molecule has 1 heterocycles. The molecule has 0 fully saturated rings. The van der Waals surface area contributed by atoms with Gasteiger partial charge in [0.05, 0.1) is 12.1 Å². The standard InChI is InChI=1S/C16H12ClN3O3/c1-22-13-8-7-11(9-12(13)17)18-14(21)16-20-19-15(23-16)10-5-3-2-4-6-10/h2-9H,1H3,(H,18,21). The average Bonchev–Trinajstić information content (AvgIpc) is 3.06. The molecular formula is C16H12ClN3O3. The Labute approximate surface area is 137 Å². The number of amides is 1. The molecule has 0 radical (unpaired) electrons. The van der Waals surface area contributed by atoms with E-state index in [-0.39, 0.29) is 11.8 Å². The molecule has 7 heteroatoms. The van der Waals surface area contributed by atoms with E-state index in [1.165, 1.54) is 7.11 Å². The summed E-state index contributed by atoms with van der Waals surface area (Å²) in [5.41, 5.74) is 1.24. The van der Waals surface area contributed by atoms with E-state index in [1.54, 1.807) is 18.2 Å². The number of halogens is 1. The predicted octanol–water partition coefficient (Wildman–Crippen LogP) is 3.65. The fraction of sp³-hybridized carbons (Fsp3) is 0.0625. The van der Waals surface area contributed by atoms with Crippen LogP contribution in [-0.4, -0.2) is 23.2 Å². The second kappa shape index (κ2) is 6.50. The molecule has 0 atom stereocenters. The number of methoxy groups -OCH3 is 1. The Kier molecular flexibility index (Phi) is 4.25. The fourth-order valence-corrected chi connectivity index (χ4v) is 2.20. The van der Waals surface area contributed by atoms with Gasteiger partial charge in [-0.05, 0) is 30.3 Å². The van der Waals surface area contributed by atoms with E-state index in [0.29, 0.717) is 16.5 Å². The van der Waals surface area contributed by atoms with Crippen LogP contribution < -0.4 is 10.1 Å². The average molecular weight is 330 g/mol. The van der Waals surface area contributed by atoms with Crippen molar-refractivity contribution in [1.82, 2.24) is 10.2 Å². The minimum absolute atomic E-state index is 0.129. The van der Waals surface area contributed by atoms with Gasteiger partial charge in [0, 0.05) is 11.3 Å². The van der Waals surface area contributed by atoms with Crippen LogP contribution in [0.4, 0.5) is 5.69 Å². The smallest absolute Gasteiger partial charge is 0.313 e. The number of ether oxygens (including phenoxy) is 1. The zero-order valence-electron chi connectivity index (χ0n) is 12.1. The molecule has 0 saturated heterocycles. The summed E-state index contributed by atoms with van der Waals surface area (Å²) in [5, 5.41) is 10.7. The quantitative estimate of drug-likeness (QED) is 0.790. The van der Waals surface area contributed by atoms with E-state index in [1.807, 2.05) is 30.3 Å².